The number of hydrogen-bond acceptors (Lipinski definition) is 4. The lowest BCUT2D eigenvalue weighted by molar-refractivity contribution is 0.315. The Balaban J connectivity index is 1.51. The van der Waals surface area contributed by atoms with Crippen molar-refractivity contribution in [1.82, 2.24) is 10.2 Å². The number of ether oxygens (including phenoxy) is 1. The number of hydrogen-bond donors (Lipinski definition) is 1. The van der Waals surface area contributed by atoms with Gasteiger partial charge < -0.3 is 10.1 Å². The van der Waals surface area contributed by atoms with Gasteiger partial charge >= 0.3 is 0 Å². The van der Waals surface area contributed by atoms with Crippen molar-refractivity contribution >= 4 is 16.6 Å². The van der Waals surface area contributed by atoms with Gasteiger partial charge in [0.2, 0.25) is 0 Å². The van der Waals surface area contributed by atoms with Gasteiger partial charge in [-0.05, 0) is 24.6 Å². The fourth-order valence-electron chi connectivity index (χ4n) is 2.15. The van der Waals surface area contributed by atoms with Crippen LogP contribution in [0.25, 0.3) is 10.9 Å². The Hall–Kier alpha value is -2.62. The maximum absolute atomic E-state index is 5.66. The molecule has 21 heavy (non-hydrogen) atoms. The first-order valence-electron chi connectivity index (χ1n) is 7.05. The van der Waals surface area contributed by atoms with Gasteiger partial charge in [-0.2, -0.15) is 10.2 Å². The summed E-state index contributed by atoms with van der Waals surface area (Å²) in [5.74, 6) is 0.911. The molecule has 1 N–H and O–H groups in total. The van der Waals surface area contributed by atoms with E-state index >= 15 is 0 Å². The molecule has 3 rings (SSSR count). The van der Waals surface area contributed by atoms with Crippen molar-refractivity contribution in [1.29, 1.82) is 0 Å². The van der Waals surface area contributed by atoms with Gasteiger partial charge in [0.05, 0.1) is 24.0 Å². The Morgan fingerprint density at radius 1 is 0.952 bits per heavy atom. The van der Waals surface area contributed by atoms with E-state index in [2.05, 4.69) is 15.5 Å². The third-order valence-corrected chi connectivity index (χ3v) is 3.20. The van der Waals surface area contributed by atoms with E-state index in [1.807, 2.05) is 54.6 Å². The molecule has 0 saturated heterocycles. The minimum atomic E-state index is 0.688. The average molecular weight is 279 g/mol. The first-order chi connectivity index (χ1) is 10.4. The molecule has 4 nitrogen and oxygen atoms in total. The molecule has 0 aliphatic carbocycles. The monoisotopic (exact) mass is 279 g/mol. The Kier molecular flexibility index (Phi) is 4.27. The molecule has 0 aliphatic rings. The SMILES string of the molecule is c1ccc(OCCCNc2cnnc3ccccc23)cc1. The van der Waals surface area contributed by atoms with Crippen molar-refractivity contribution in [2.24, 2.45) is 0 Å². The molecule has 1 heterocycles. The van der Waals surface area contributed by atoms with Crippen LogP contribution in [-0.2, 0) is 0 Å². The van der Waals surface area contributed by atoms with Crippen LogP contribution in [0.1, 0.15) is 6.42 Å². The van der Waals surface area contributed by atoms with Gasteiger partial charge in [-0.3, -0.25) is 0 Å². The quantitative estimate of drug-likeness (QED) is 0.701. The number of aromatic nitrogens is 2. The lowest BCUT2D eigenvalue weighted by Crippen LogP contribution is -2.08. The Morgan fingerprint density at radius 3 is 2.67 bits per heavy atom. The Labute approximate surface area is 123 Å². The summed E-state index contributed by atoms with van der Waals surface area (Å²) in [5, 5.41) is 12.6. The van der Waals surface area contributed by atoms with Crippen LogP contribution in [0.15, 0.2) is 60.8 Å². The van der Waals surface area contributed by atoms with E-state index in [1.54, 1.807) is 6.20 Å². The minimum absolute atomic E-state index is 0.688. The van der Waals surface area contributed by atoms with Crippen LogP contribution >= 0.6 is 0 Å². The number of nitrogens with zero attached hydrogens (tertiary/aromatic N) is 2. The van der Waals surface area contributed by atoms with Gasteiger partial charge in [0.1, 0.15) is 5.75 Å². The topological polar surface area (TPSA) is 47.0 Å². The molecule has 0 fully saturated rings. The van der Waals surface area contributed by atoms with E-state index in [1.165, 1.54) is 0 Å². The standard InChI is InChI=1S/C17H17N3O/c1-2-7-14(8-3-1)21-12-6-11-18-17-13-19-20-16-10-5-4-9-15(16)17/h1-5,7-10,13H,6,11-12H2,(H,18,20). The van der Waals surface area contributed by atoms with Gasteiger partial charge in [-0.15, -0.1) is 0 Å². The number of anilines is 1. The zero-order valence-corrected chi connectivity index (χ0v) is 11.7. The number of benzene rings is 2. The van der Waals surface area contributed by atoms with E-state index < -0.39 is 0 Å². The van der Waals surface area contributed by atoms with Crippen LogP contribution < -0.4 is 10.1 Å². The summed E-state index contributed by atoms with van der Waals surface area (Å²) in [5.41, 5.74) is 1.92. The zero-order chi connectivity index (χ0) is 14.3. The summed E-state index contributed by atoms with van der Waals surface area (Å²) >= 11 is 0. The van der Waals surface area contributed by atoms with Crippen LogP contribution in [-0.4, -0.2) is 23.3 Å². The molecule has 1 aromatic heterocycles. The Morgan fingerprint density at radius 2 is 1.76 bits per heavy atom. The van der Waals surface area contributed by atoms with Gasteiger partial charge in [-0.1, -0.05) is 36.4 Å². The summed E-state index contributed by atoms with van der Waals surface area (Å²) < 4.78 is 5.66. The first-order valence-corrected chi connectivity index (χ1v) is 7.05. The predicted octanol–water partition coefficient (Wildman–Crippen LogP) is 3.51. The van der Waals surface area contributed by atoms with Crippen LogP contribution in [0.3, 0.4) is 0 Å². The van der Waals surface area contributed by atoms with Crippen molar-refractivity contribution in [3.63, 3.8) is 0 Å². The smallest absolute Gasteiger partial charge is 0.119 e. The lowest BCUT2D eigenvalue weighted by atomic mass is 10.2. The molecular weight excluding hydrogens is 262 g/mol. The molecule has 4 heteroatoms. The van der Waals surface area contributed by atoms with E-state index in [9.17, 15) is 0 Å². The number of para-hydroxylation sites is 1. The van der Waals surface area contributed by atoms with Gasteiger partial charge in [-0.25, -0.2) is 0 Å². The van der Waals surface area contributed by atoms with Crippen molar-refractivity contribution in [2.45, 2.75) is 6.42 Å². The fraction of sp³-hybridized carbons (Fsp3) is 0.176. The first kappa shape index (κ1) is 13.4. The van der Waals surface area contributed by atoms with Crippen molar-refractivity contribution in [3.05, 3.63) is 60.8 Å². The maximum Gasteiger partial charge on any atom is 0.119 e. The van der Waals surface area contributed by atoms with E-state index in [0.29, 0.717) is 6.61 Å². The van der Waals surface area contributed by atoms with Crippen LogP contribution in [0.2, 0.25) is 0 Å². The lowest BCUT2D eigenvalue weighted by Gasteiger charge is -2.09. The highest BCUT2D eigenvalue weighted by atomic mass is 16.5. The molecule has 0 atom stereocenters. The molecule has 3 aromatic rings. The molecule has 0 spiro atoms. The van der Waals surface area contributed by atoms with Crippen molar-refractivity contribution in [3.8, 4) is 5.75 Å². The number of fused-ring (bicyclic) bond motifs is 1. The molecule has 0 amide bonds. The summed E-state index contributed by atoms with van der Waals surface area (Å²) in [4.78, 5) is 0. The molecule has 0 aliphatic heterocycles. The Bertz CT molecular complexity index is 695. The maximum atomic E-state index is 5.66. The summed E-state index contributed by atoms with van der Waals surface area (Å²) in [6, 6.07) is 17.9. The third kappa shape index (κ3) is 3.48. The average Bonchev–Trinajstić information content (AvgIpc) is 2.56. The van der Waals surface area contributed by atoms with Crippen molar-refractivity contribution in [2.75, 3.05) is 18.5 Å². The van der Waals surface area contributed by atoms with E-state index in [4.69, 9.17) is 4.74 Å². The molecule has 0 bridgehead atoms. The van der Waals surface area contributed by atoms with E-state index in [0.717, 1.165) is 35.3 Å². The van der Waals surface area contributed by atoms with Gasteiger partial charge in [0.25, 0.3) is 0 Å². The largest absolute Gasteiger partial charge is 0.494 e. The third-order valence-electron chi connectivity index (χ3n) is 3.20. The van der Waals surface area contributed by atoms with Gasteiger partial charge in [0, 0.05) is 11.9 Å². The zero-order valence-electron chi connectivity index (χ0n) is 11.7. The van der Waals surface area contributed by atoms with Crippen LogP contribution in [0, 0.1) is 0 Å². The highest BCUT2D eigenvalue weighted by Gasteiger charge is 2.01. The highest BCUT2D eigenvalue weighted by Crippen LogP contribution is 2.19. The summed E-state index contributed by atoms with van der Waals surface area (Å²) in [6.45, 7) is 1.52. The normalized spacial score (nSPS) is 10.5. The highest BCUT2D eigenvalue weighted by molar-refractivity contribution is 5.90. The predicted molar refractivity (Wildman–Crippen MR) is 84.6 cm³/mol. The van der Waals surface area contributed by atoms with E-state index in [-0.39, 0.29) is 0 Å². The second-order valence-corrected chi connectivity index (χ2v) is 4.72. The molecular formula is C17H17N3O. The van der Waals surface area contributed by atoms with Crippen LogP contribution in [0.4, 0.5) is 5.69 Å². The molecule has 0 unspecified atom stereocenters. The molecule has 2 aromatic carbocycles. The second-order valence-electron chi connectivity index (χ2n) is 4.72. The van der Waals surface area contributed by atoms with Crippen molar-refractivity contribution < 1.29 is 4.74 Å². The fourth-order valence-corrected chi connectivity index (χ4v) is 2.15. The second kappa shape index (κ2) is 6.70. The van der Waals surface area contributed by atoms with Crippen LogP contribution in [0.5, 0.6) is 5.75 Å². The summed E-state index contributed by atoms with van der Waals surface area (Å²) in [6.07, 6.45) is 2.69. The minimum Gasteiger partial charge on any atom is -0.494 e. The molecule has 0 saturated carbocycles. The molecule has 0 radical (unpaired) electrons. The number of rotatable bonds is 6. The number of nitrogens with one attached hydrogen (secondary N) is 1. The van der Waals surface area contributed by atoms with Gasteiger partial charge in [0.15, 0.2) is 0 Å². The summed E-state index contributed by atoms with van der Waals surface area (Å²) in [7, 11) is 0. The molecule has 106 valence electrons.